The van der Waals surface area contributed by atoms with E-state index >= 15 is 0 Å². The summed E-state index contributed by atoms with van der Waals surface area (Å²) in [4.78, 5) is 5.23. The highest BCUT2D eigenvalue weighted by Crippen LogP contribution is 2.39. The first-order valence-corrected chi connectivity index (χ1v) is 17.1. The summed E-state index contributed by atoms with van der Waals surface area (Å²) in [5, 5.41) is 5.88. The summed E-state index contributed by atoms with van der Waals surface area (Å²) in [6, 6.07) is 51.5. The van der Waals surface area contributed by atoms with Crippen molar-refractivity contribution in [3.8, 4) is 28.2 Å². The third-order valence-corrected chi connectivity index (χ3v) is 10.2. The SMILES string of the molecule is [2H]c1c([2H])c([2H])c2c(c1[2H])c1ccccc1n2-c1cccc(-c2ccccc2-n2c3ccccc3c3cc(-n4c5ccccc5c5ccccc54)cnc32)c1. The zero-order valence-electron chi connectivity index (χ0n) is 31.3. The Labute approximate surface area is 299 Å². The standard InChI is InChI=1S/C47H30N4/c1-7-22-41(34(16-1)31-14-13-15-32(28-31)49-42-23-8-2-17-35(42)36-18-3-9-24-43(36)49)51-46-27-12-6-21-39(46)40-29-33(30-48-47(40)51)50-44-25-10-4-19-37(44)38-20-5-11-26-45(38)50/h1-30H/i2D,8D,17D,23D. The molecule has 11 rings (SSSR count). The van der Waals surface area contributed by atoms with Crippen molar-refractivity contribution in [1.82, 2.24) is 18.7 Å². The molecule has 0 atom stereocenters. The van der Waals surface area contributed by atoms with Crippen LogP contribution in [0, 0.1) is 0 Å². The average Bonchev–Trinajstić information content (AvgIpc) is 3.88. The molecule has 0 N–H and O–H groups in total. The molecule has 7 aromatic carbocycles. The van der Waals surface area contributed by atoms with Crippen LogP contribution in [-0.4, -0.2) is 18.7 Å². The van der Waals surface area contributed by atoms with Gasteiger partial charge in [-0.1, -0.05) is 121 Å². The molecule has 51 heavy (non-hydrogen) atoms. The molecule has 4 aromatic heterocycles. The van der Waals surface area contributed by atoms with E-state index < -0.39 is 0 Å². The Kier molecular flexibility index (Phi) is 5.14. The average molecular weight is 655 g/mol. The Morgan fingerprint density at radius 3 is 1.67 bits per heavy atom. The molecule has 4 heterocycles. The molecule has 0 fully saturated rings. The van der Waals surface area contributed by atoms with Crippen LogP contribution in [-0.2, 0) is 0 Å². The lowest BCUT2D eigenvalue weighted by Crippen LogP contribution is -2.00. The summed E-state index contributed by atoms with van der Waals surface area (Å²) in [5.41, 5.74) is 10.2. The predicted octanol–water partition coefficient (Wildman–Crippen LogP) is 12.0. The van der Waals surface area contributed by atoms with Crippen LogP contribution in [0.1, 0.15) is 5.48 Å². The Morgan fingerprint density at radius 1 is 0.412 bits per heavy atom. The first-order chi connectivity index (χ1) is 27.0. The highest BCUT2D eigenvalue weighted by Gasteiger charge is 2.19. The van der Waals surface area contributed by atoms with E-state index in [2.05, 4.69) is 118 Å². The Morgan fingerprint density at radius 2 is 0.961 bits per heavy atom. The fraction of sp³-hybridized carbons (Fsp3) is 0. The van der Waals surface area contributed by atoms with Crippen LogP contribution in [0.25, 0.3) is 93.7 Å². The summed E-state index contributed by atoms with van der Waals surface area (Å²) >= 11 is 0. The minimum atomic E-state index is -0.247. The van der Waals surface area contributed by atoms with Gasteiger partial charge in [-0.3, -0.25) is 4.57 Å². The fourth-order valence-corrected chi connectivity index (χ4v) is 8.06. The van der Waals surface area contributed by atoms with Crippen molar-refractivity contribution in [3.63, 3.8) is 0 Å². The quantitative estimate of drug-likeness (QED) is 0.186. The molecule has 0 saturated carbocycles. The fourth-order valence-electron chi connectivity index (χ4n) is 8.06. The molecule has 0 radical (unpaired) electrons. The Balaban J connectivity index is 1.13. The Hall–Kier alpha value is -6.91. The maximum Gasteiger partial charge on any atom is 0.145 e. The molecule has 11 aromatic rings. The van der Waals surface area contributed by atoms with E-state index in [0.717, 1.165) is 72.1 Å². The molecule has 0 aliphatic rings. The molecule has 4 nitrogen and oxygen atoms in total. The van der Waals surface area contributed by atoms with Gasteiger partial charge in [0.15, 0.2) is 0 Å². The number of hydrogen-bond acceptors (Lipinski definition) is 1. The first kappa shape index (κ1) is 24.3. The van der Waals surface area contributed by atoms with Gasteiger partial charge in [0.05, 0.1) is 50.6 Å². The smallest absolute Gasteiger partial charge is 0.145 e. The van der Waals surface area contributed by atoms with Crippen molar-refractivity contribution in [2.75, 3.05) is 0 Å². The van der Waals surface area contributed by atoms with Gasteiger partial charge in [0.1, 0.15) is 5.65 Å². The molecule has 0 saturated heterocycles. The lowest BCUT2D eigenvalue weighted by atomic mass is 10.0. The topological polar surface area (TPSA) is 27.7 Å². The van der Waals surface area contributed by atoms with Crippen molar-refractivity contribution in [1.29, 1.82) is 0 Å². The summed E-state index contributed by atoms with van der Waals surface area (Å²) < 4.78 is 41.2. The maximum atomic E-state index is 8.96. The van der Waals surface area contributed by atoms with Gasteiger partial charge in [0.2, 0.25) is 0 Å². The van der Waals surface area contributed by atoms with E-state index in [1.54, 1.807) is 0 Å². The number of rotatable bonds is 4. The molecule has 4 heteroatoms. The zero-order chi connectivity index (χ0) is 36.9. The van der Waals surface area contributed by atoms with E-state index in [-0.39, 0.29) is 24.2 Å². The number of fused-ring (bicyclic) bond motifs is 9. The molecule has 0 aliphatic heterocycles. The van der Waals surface area contributed by atoms with E-state index in [4.69, 9.17) is 10.5 Å². The number of aromatic nitrogens is 4. The van der Waals surface area contributed by atoms with E-state index in [9.17, 15) is 0 Å². The minimum Gasteiger partial charge on any atom is -0.309 e. The van der Waals surface area contributed by atoms with Gasteiger partial charge in [0.25, 0.3) is 0 Å². The molecule has 0 aliphatic carbocycles. The summed E-state index contributed by atoms with van der Waals surface area (Å²) in [6.45, 7) is 0. The lowest BCUT2D eigenvalue weighted by Gasteiger charge is -2.15. The van der Waals surface area contributed by atoms with Crippen molar-refractivity contribution < 1.29 is 5.48 Å². The van der Waals surface area contributed by atoms with Crippen LogP contribution in [0.4, 0.5) is 0 Å². The van der Waals surface area contributed by atoms with Gasteiger partial charge in [-0.05, 0) is 60.1 Å². The number of nitrogens with zero attached hydrogens (tertiary/aromatic N) is 4. The highest BCUT2D eigenvalue weighted by atomic mass is 15.1. The van der Waals surface area contributed by atoms with Gasteiger partial charge in [-0.15, -0.1) is 0 Å². The van der Waals surface area contributed by atoms with Crippen molar-refractivity contribution in [3.05, 3.63) is 182 Å². The summed E-state index contributed by atoms with van der Waals surface area (Å²) in [7, 11) is 0. The highest BCUT2D eigenvalue weighted by molar-refractivity contribution is 6.12. The van der Waals surface area contributed by atoms with Gasteiger partial charge >= 0.3 is 0 Å². The minimum absolute atomic E-state index is 0.0346. The normalized spacial score (nSPS) is 13.0. The number of pyridine rings is 1. The van der Waals surface area contributed by atoms with Gasteiger partial charge < -0.3 is 9.13 Å². The number of para-hydroxylation sites is 6. The van der Waals surface area contributed by atoms with Crippen LogP contribution in [0.3, 0.4) is 0 Å². The lowest BCUT2D eigenvalue weighted by molar-refractivity contribution is 1.11. The molecule has 0 bridgehead atoms. The molecule has 0 spiro atoms. The van der Waals surface area contributed by atoms with Crippen LogP contribution in [0.5, 0.6) is 0 Å². The van der Waals surface area contributed by atoms with Crippen molar-refractivity contribution in [2.24, 2.45) is 0 Å². The predicted molar refractivity (Wildman–Crippen MR) is 213 cm³/mol. The number of benzene rings is 7. The van der Waals surface area contributed by atoms with E-state index in [1.807, 2.05) is 53.2 Å². The second kappa shape index (κ2) is 10.8. The molecule has 238 valence electrons. The molecular weight excluding hydrogens is 621 g/mol. The van der Waals surface area contributed by atoms with Crippen LogP contribution in [0.15, 0.2) is 182 Å². The Bertz CT molecular complexity index is 3340. The maximum absolute atomic E-state index is 8.96. The molecule has 0 unspecified atom stereocenters. The van der Waals surface area contributed by atoms with Gasteiger partial charge in [0, 0.05) is 43.6 Å². The van der Waals surface area contributed by atoms with Crippen LogP contribution >= 0.6 is 0 Å². The first-order valence-electron chi connectivity index (χ1n) is 19.1. The summed E-state index contributed by atoms with van der Waals surface area (Å²) in [6.07, 6.45) is 1.98. The third kappa shape index (κ3) is 4.05. The van der Waals surface area contributed by atoms with E-state index in [1.165, 1.54) is 10.8 Å². The molecular formula is C47H30N4. The van der Waals surface area contributed by atoms with Crippen LogP contribution < -0.4 is 0 Å². The largest absolute Gasteiger partial charge is 0.309 e. The van der Waals surface area contributed by atoms with Crippen molar-refractivity contribution >= 4 is 65.5 Å². The van der Waals surface area contributed by atoms with Crippen LogP contribution in [0.2, 0.25) is 0 Å². The van der Waals surface area contributed by atoms with Gasteiger partial charge in [-0.2, -0.15) is 0 Å². The van der Waals surface area contributed by atoms with Crippen molar-refractivity contribution in [2.45, 2.75) is 0 Å². The van der Waals surface area contributed by atoms with E-state index in [0.29, 0.717) is 10.9 Å². The second-order valence-electron chi connectivity index (χ2n) is 12.9. The second-order valence-corrected chi connectivity index (χ2v) is 12.9. The number of hydrogen-bond donors (Lipinski definition) is 0. The molecule has 0 amide bonds. The monoisotopic (exact) mass is 654 g/mol. The van der Waals surface area contributed by atoms with Gasteiger partial charge in [-0.25, -0.2) is 4.98 Å². The zero-order valence-corrected chi connectivity index (χ0v) is 27.3. The third-order valence-electron chi connectivity index (χ3n) is 10.2. The summed E-state index contributed by atoms with van der Waals surface area (Å²) in [5.74, 6) is 0.